The Labute approximate surface area is 103 Å². The minimum atomic E-state index is -3.43. The molecule has 6 nitrogen and oxygen atoms in total. The van der Waals surface area contributed by atoms with Crippen molar-refractivity contribution < 1.29 is 23.1 Å². The topological polar surface area (TPSA) is 92.7 Å². The lowest BCUT2D eigenvalue weighted by Crippen LogP contribution is -2.17. The van der Waals surface area contributed by atoms with E-state index in [-0.39, 0.29) is 10.6 Å². The summed E-state index contributed by atoms with van der Waals surface area (Å²) in [6.07, 6.45) is 0.392. The van der Waals surface area contributed by atoms with Gasteiger partial charge in [0, 0.05) is 13.7 Å². The number of carbonyl (C=O) groups is 1. The van der Waals surface area contributed by atoms with Gasteiger partial charge in [0.15, 0.2) is 0 Å². The van der Waals surface area contributed by atoms with Gasteiger partial charge in [0.05, 0.1) is 5.75 Å². The van der Waals surface area contributed by atoms with Gasteiger partial charge in [-0.3, -0.25) is 4.72 Å². The highest BCUT2D eigenvalue weighted by molar-refractivity contribution is 7.92. The van der Waals surface area contributed by atoms with Crippen molar-refractivity contribution >= 4 is 32.3 Å². The quantitative estimate of drug-likeness (QED) is 0.732. The van der Waals surface area contributed by atoms with Crippen LogP contribution in [0, 0.1) is 0 Å². The van der Waals surface area contributed by atoms with Crippen molar-refractivity contribution in [1.29, 1.82) is 0 Å². The number of hydrogen-bond acceptors (Lipinski definition) is 5. The van der Waals surface area contributed by atoms with Crippen LogP contribution in [0.5, 0.6) is 0 Å². The summed E-state index contributed by atoms with van der Waals surface area (Å²) in [6, 6.07) is 2.79. The van der Waals surface area contributed by atoms with Crippen molar-refractivity contribution in [2.45, 2.75) is 6.42 Å². The van der Waals surface area contributed by atoms with Gasteiger partial charge >= 0.3 is 5.97 Å². The Morgan fingerprint density at radius 1 is 1.53 bits per heavy atom. The first kappa shape index (κ1) is 13.9. The van der Waals surface area contributed by atoms with Gasteiger partial charge in [-0.05, 0) is 18.6 Å². The van der Waals surface area contributed by atoms with Gasteiger partial charge in [-0.25, -0.2) is 13.2 Å². The Morgan fingerprint density at radius 2 is 2.24 bits per heavy atom. The van der Waals surface area contributed by atoms with Crippen LogP contribution in [0.15, 0.2) is 12.1 Å². The Morgan fingerprint density at radius 3 is 2.76 bits per heavy atom. The molecule has 0 atom stereocenters. The maximum atomic E-state index is 11.5. The average Bonchev–Trinajstić information content (AvgIpc) is 2.65. The zero-order valence-corrected chi connectivity index (χ0v) is 10.8. The van der Waals surface area contributed by atoms with Crippen LogP contribution in [0.4, 0.5) is 5.00 Å². The van der Waals surface area contributed by atoms with Gasteiger partial charge in [-0.15, -0.1) is 11.3 Å². The van der Waals surface area contributed by atoms with E-state index in [0.29, 0.717) is 18.0 Å². The molecule has 1 heterocycles. The third-order valence-corrected chi connectivity index (χ3v) is 4.31. The monoisotopic (exact) mass is 279 g/mol. The van der Waals surface area contributed by atoms with Gasteiger partial charge in [0.1, 0.15) is 9.88 Å². The van der Waals surface area contributed by atoms with Crippen LogP contribution >= 0.6 is 11.3 Å². The van der Waals surface area contributed by atoms with Crippen molar-refractivity contribution in [2.75, 3.05) is 24.2 Å². The number of thiophene rings is 1. The molecule has 96 valence electrons. The highest BCUT2D eigenvalue weighted by Crippen LogP contribution is 2.22. The summed E-state index contributed by atoms with van der Waals surface area (Å²) in [5, 5.41) is 8.99. The second-order valence-corrected chi connectivity index (χ2v) is 6.16. The largest absolute Gasteiger partial charge is 0.477 e. The molecule has 17 heavy (non-hydrogen) atoms. The molecule has 0 aromatic carbocycles. The molecule has 0 saturated carbocycles. The Balaban J connectivity index is 2.60. The van der Waals surface area contributed by atoms with Crippen LogP contribution in [-0.4, -0.2) is 39.0 Å². The van der Waals surface area contributed by atoms with Crippen LogP contribution < -0.4 is 4.72 Å². The molecule has 0 aliphatic rings. The highest BCUT2D eigenvalue weighted by Gasteiger charge is 2.13. The fraction of sp³-hybridized carbons (Fsp3) is 0.444. The number of hydrogen-bond donors (Lipinski definition) is 2. The van der Waals surface area contributed by atoms with E-state index in [1.54, 1.807) is 0 Å². The number of methoxy groups -OCH3 is 1. The molecule has 8 heteroatoms. The van der Waals surface area contributed by atoms with Gasteiger partial charge in [-0.1, -0.05) is 0 Å². The van der Waals surface area contributed by atoms with E-state index < -0.39 is 16.0 Å². The maximum absolute atomic E-state index is 11.5. The number of nitrogens with one attached hydrogen (secondary N) is 1. The number of carboxylic acid groups (broad SMARTS) is 1. The van der Waals surface area contributed by atoms with Gasteiger partial charge in [-0.2, -0.15) is 0 Å². The lowest BCUT2D eigenvalue weighted by Gasteiger charge is -2.04. The van der Waals surface area contributed by atoms with Crippen LogP contribution in [-0.2, 0) is 14.8 Å². The molecule has 0 bridgehead atoms. The Bertz CT molecular complexity index is 479. The first-order valence-corrected chi connectivity index (χ1v) is 7.24. The lowest BCUT2D eigenvalue weighted by atomic mass is 10.5. The second-order valence-electron chi connectivity index (χ2n) is 3.24. The summed E-state index contributed by atoms with van der Waals surface area (Å²) < 4.78 is 30.2. The molecule has 0 aliphatic heterocycles. The summed E-state index contributed by atoms with van der Waals surface area (Å²) >= 11 is 0.886. The molecule has 1 aromatic heterocycles. The molecule has 1 rings (SSSR count). The number of sulfonamides is 1. The number of anilines is 1. The fourth-order valence-electron chi connectivity index (χ4n) is 1.11. The number of carboxylic acids is 1. The molecule has 2 N–H and O–H groups in total. The van der Waals surface area contributed by atoms with Crippen molar-refractivity contribution in [3.05, 3.63) is 17.0 Å². The molecule has 0 spiro atoms. The van der Waals surface area contributed by atoms with Crippen molar-refractivity contribution in [2.24, 2.45) is 0 Å². The molecular weight excluding hydrogens is 266 g/mol. The molecular formula is C9H13NO5S2. The zero-order chi connectivity index (χ0) is 12.9. The smallest absolute Gasteiger partial charge is 0.345 e. The first-order chi connectivity index (χ1) is 7.94. The van der Waals surface area contributed by atoms with E-state index in [2.05, 4.69) is 4.72 Å². The van der Waals surface area contributed by atoms with Crippen LogP contribution in [0.25, 0.3) is 0 Å². The Kier molecular flexibility index (Phi) is 4.91. The molecule has 0 aliphatic carbocycles. The molecule has 0 saturated heterocycles. The van der Waals surface area contributed by atoms with E-state index in [9.17, 15) is 13.2 Å². The number of rotatable bonds is 7. The first-order valence-electron chi connectivity index (χ1n) is 4.77. The average molecular weight is 279 g/mol. The minimum absolute atomic E-state index is 0.0544. The van der Waals surface area contributed by atoms with Gasteiger partial charge in [0.25, 0.3) is 0 Å². The van der Waals surface area contributed by atoms with E-state index in [1.807, 2.05) is 0 Å². The van der Waals surface area contributed by atoms with Gasteiger partial charge < -0.3 is 9.84 Å². The third-order valence-electron chi connectivity index (χ3n) is 1.83. The SMILES string of the molecule is COCCCS(=O)(=O)Nc1ccc(C(=O)O)s1. The molecule has 0 fully saturated rings. The standard InChI is InChI=1S/C9H13NO5S2/c1-15-5-2-6-17(13,14)10-8-4-3-7(16-8)9(11)12/h3-4,10H,2,5-6H2,1H3,(H,11,12). The minimum Gasteiger partial charge on any atom is -0.477 e. The van der Waals surface area contributed by atoms with Crippen molar-refractivity contribution in [3.8, 4) is 0 Å². The van der Waals surface area contributed by atoms with Gasteiger partial charge in [0.2, 0.25) is 10.0 Å². The summed E-state index contributed by atoms with van der Waals surface area (Å²) in [4.78, 5) is 10.7. The van der Waals surface area contributed by atoms with Crippen molar-refractivity contribution in [1.82, 2.24) is 0 Å². The number of ether oxygens (including phenoxy) is 1. The molecule has 0 unspecified atom stereocenters. The highest BCUT2D eigenvalue weighted by atomic mass is 32.2. The van der Waals surface area contributed by atoms with Crippen LogP contribution in [0.2, 0.25) is 0 Å². The second kappa shape index (κ2) is 5.99. The van der Waals surface area contributed by atoms with E-state index in [4.69, 9.17) is 9.84 Å². The van der Waals surface area contributed by atoms with E-state index in [1.165, 1.54) is 19.2 Å². The number of aromatic carboxylic acids is 1. The van der Waals surface area contributed by atoms with E-state index >= 15 is 0 Å². The normalized spacial score (nSPS) is 11.4. The van der Waals surface area contributed by atoms with Crippen molar-refractivity contribution in [3.63, 3.8) is 0 Å². The summed E-state index contributed by atoms with van der Waals surface area (Å²) in [5.41, 5.74) is 0. The predicted octanol–water partition coefficient (Wildman–Crippen LogP) is 1.22. The van der Waals surface area contributed by atoms with E-state index in [0.717, 1.165) is 11.3 Å². The maximum Gasteiger partial charge on any atom is 0.345 e. The van der Waals surface area contributed by atoms with Crippen LogP contribution in [0.1, 0.15) is 16.1 Å². The Hall–Kier alpha value is -1.12. The molecule has 1 aromatic rings. The molecule has 0 amide bonds. The predicted molar refractivity (Wildman–Crippen MR) is 65.2 cm³/mol. The summed E-state index contributed by atoms with van der Waals surface area (Å²) in [5.74, 6) is -1.12. The summed E-state index contributed by atoms with van der Waals surface area (Å²) in [7, 11) is -1.93. The van der Waals surface area contributed by atoms with Crippen LogP contribution in [0.3, 0.4) is 0 Å². The fourth-order valence-corrected chi connectivity index (χ4v) is 3.22. The zero-order valence-electron chi connectivity index (χ0n) is 9.17. The molecule has 0 radical (unpaired) electrons. The third kappa shape index (κ3) is 4.72. The lowest BCUT2D eigenvalue weighted by molar-refractivity contribution is 0.0702. The summed E-state index contributed by atoms with van der Waals surface area (Å²) in [6.45, 7) is 0.367.